The van der Waals surface area contributed by atoms with E-state index >= 15 is 0 Å². The van der Waals surface area contributed by atoms with Crippen LogP contribution < -0.4 is 0 Å². The summed E-state index contributed by atoms with van der Waals surface area (Å²) in [5, 5.41) is 0. The molecule has 3 nitrogen and oxygen atoms in total. The Bertz CT molecular complexity index is 622. The lowest BCUT2D eigenvalue weighted by molar-refractivity contribution is 0.992. The van der Waals surface area contributed by atoms with E-state index in [1.165, 1.54) is 0 Å². The first-order valence-corrected chi connectivity index (χ1v) is 7.16. The molecule has 0 amide bonds. The molecule has 0 unspecified atom stereocenters. The molecule has 0 saturated carbocycles. The van der Waals surface area contributed by atoms with Gasteiger partial charge in [-0.15, -0.1) is 0 Å². The maximum absolute atomic E-state index is 4.55. The molecule has 1 aromatic heterocycles. The van der Waals surface area contributed by atoms with Crippen LogP contribution in [0.15, 0.2) is 60.7 Å². The summed E-state index contributed by atoms with van der Waals surface area (Å²) in [5.74, 6) is 2.16. The van der Waals surface area contributed by atoms with Crippen molar-refractivity contribution in [2.45, 2.75) is 20.8 Å². The molecule has 106 valence electrons. The van der Waals surface area contributed by atoms with Crippen LogP contribution in [0.1, 0.15) is 19.7 Å². The second-order valence-corrected chi connectivity index (χ2v) is 4.26. The van der Waals surface area contributed by atoms with Gasteiger partial charge in [0.2, 0.25) is 0 Å². The molecule has 3 heteroatoms. The van der Waals surface area contributed by atoms with Gasteiger partial charge in [-0.05, 0) is 6.92 Å². The zero-order valence-corrected chi connectivity index (χ0v) is 12.6. The van der Waals surface area contributed by atoms with Crippen LogP contribution in [0.3, 0.4) is 0 Å². The van der Waals surface area contributed by atoms with Crippen LogP contribution in [0.5, 0.6) is 0 Å². The number of hydrogen-bond donors (Lipinski definition) is 0. The minimum absolute atomic E-state index is 0.715. The molecule has 21 heavy (non-hydrogen) atoms. The highest BCUT2D eigenvalue weighted by molar-refractivity contribution is 5.60. The van der Waals surface area contributed by atoms with E-state index in [1.807, 2.05) is 81.4 Å². The maximum Gasteiger partial charge on any atom is 0.163 e. The third-order valence-corrected chi connectivity index (χ3v) is 2.81. The van der Waals surface area contributed by atoms with Gasteiger partial charge in [0, 0.05) is 11.1 Å². The topological polar surface area (TPSA) is 38.7 Å². The Hall–Kier alpha value is -2.55. The Morgan fingerprint density at radius 3 is 1.33 bits per heavy atom. The SMILES string of the molecule is CC.Cc1nc(-c2ccccc2)nc(-c2ccccc2)n1. The molecule has 3 rings (SSSR count). The molecule has 0 aliphatic heterocycles. The maximum atomic E-state index is 4.55. The predicted molar refractivity (Wildman–Crippen MR) is 86.8 cm³/mol. The monoisotopic (exact) mass is 277 g/mol. The van der Waals surface area contributed by atoms with Gasteiger partial charge >= 0.3 is 0 Å². The van der Waals surface area contributed by atoms with E-state index in [4.69, 9.17) is 0 Å². The lowest BCUT2D eigenvalue weighted by Crippen LogP contribution is -1.99. The van der Waals surface area contributed by atoms with Gasteiger partial charge in [-0.25, -0.2) is 15.0 Å². The summed E-state index contributed by atoms with van der Waals surface area (Å²) in [7, 11) is 0. The Labute approximate surface area is 125 Å². The Morgan fingerprint density at radius 1 is 0.571 bits per heavy atom. The summed E-state index contributed by atoms with van der Waals surface area (Å²) >= 11 is 0. The molecule has 0 fully saturated rings. The van der Waals surface area contributed by atoms with E-state index in [9.17, 15) is 0 Å². The molecule has 0 spiro atoms. The van der Waals surface area contributed by atoms with Crippen LogP contribution in [0, 0.1) is 6.92 Å². The summed E-state index contributed by atoms with van der Waals surface area (Å²) < 4.78 is 0. The van der Waals surface area contributed by atoms with Crippen LogP contribution in [-0.2, 0) is 0 Å². The van der Waals surface area contributed by atoms with Crippen LogP contribution in [0.2, 0.25) is 0 Å². The quantitative estimate of drug-likeness (QED) is 0.690. The molecule has 0 N–H and O–H groups in total. The average molecular weight is 277 g/mol. The average Bonchev–Trinajstić information content (AvgIpc) is 2.58. The molecule has 0 saturated heterocycles. The smallest absolute Gasteiger partial charge is 0.163 e. The summed E-state index contributed by atoms with van der Waals surface area (Å²) in [5.41, 5.74) is 2.01. The van der Waals surface area contributed by atoms with Gasteiger partial charge in [0.15, 0.2) is 11.6 Å². The predicted octanol–water partition coefficient (Wildman–Crippen LogP) is 4.54. The van der Waals surface area contributed by atoms with Gasteiger partial charge in [-0.3, -0.25) is 0 Å². The first-order chi connectivity index (χ1) is 10.3. The van der Waals surface area contributed by atoms with Crippen molar-refractivity contribution < 1.29 is 0 Å². The molecule has 3 aromatic rings. The zero-order valence-electron chi connectivity index (χ0n) is 12.6. The number of aromatic nitrogens is 3. The molecule has 2 aromatic carbocycles. The molecule has 0 aliphatic rings. The van der Waals surface area contributed by atoms with Crippen LogP contribution in [0.4, 0.5) is 0 Å². The number of rotatable bonds is 2. The first kappa shape index (κ1) is 14.9. The normalized spacial score (nSPS) is 9.67. The second kappa shape index (κ2) is 7.29. The van der Waals surface area contributed by atoms with E-state index in [-0.39, 0.29) is 0 Å². The van der Waals surface area contributed by atoms with Crippen molar-refractivity contribution >= 4 is 0 Å². The first-order valence-electron chi connectivity index (χ1n) is 7.16. The second-order valence-electron chi connectivity index (χ2n) is 4.26. The molecule has 0 radical (unpaired) electrons. The van der Waals surface area contributed by atoms with Crippen molar-refractivity contribution in [2.24, 2.45) is 0 Å². The lowest BCUT2D eigenvalue weighted by atomic mass is 10.2. The van der Waals surface area contributed by atoms with Gasteiger partial charge in [0.05, 0.1) is 0 Å². The van der Waals surface area contributed by atoms with Crippen molar-refractivity contribution in [3.8, 4) is 22.8 Å². The van der Waals surface area contributed by atoms with E-state index in [1.54, 1.807) is 0 Å². The third-order valence-electron chi connectivity index (χ3n) is 2.81. The van der Waals surface area contributed by atoms with E-state index < -0.39 is 0 Å². The number of hydrogen-bond acceptors (Lipinski definition) is 3. The molecular formula is C18H19N3. The van der Waals surface area contributed by atoms with Crippen LogP contribution in [-0.4, -0.2) is 15.0 Å². The molecule has 1 heterocycles. The summed E-state index contributed by atoms with van der Waals surface area (Å²) in [6, 6.07) is 19.9. The van der Waals surface area contributed by atoms with Crippen molar-refractivity contribution in [1.29, 1.82) is 0 Å². The van der Waals surface area contributed by atoms with Gasteiger partial charge in [-0.2, -0.15) is 0 Å². The van der Waals surface area contributed by atoms with Crippen LogP contribution in [0.25, 0.3) is 22.8 Å². The third kappa shape index (κ3) is 3.72. The standard InChI is InChI=1S/C16H13N3.C2H6/c1-12-17-15(13-8-4-2-5-9-13)19-16(18-12)14-10-6-3-7-11-14;1-2/h2-11H,1H3;1-2H3. The highest BCUT2D eigenvalue weighted by atomic mass is 15.0. The summed E-state index contributed by atoms with van der Waals surface area (Å²) in [4.78, 5) is 13.4. The Morgan fingerprint density at radius 2 is 0.952 bits per heavy atom. The molecule has 0 aliphatic carbocycles. The molecule has 0 bridgehead atoms. The van der Waals surface area contributed by atoms with Gasteiger partial charge in [-0.1, -0.05) is 74.5 Å². The van der Waals surface area contributed by atoms with E-state index in [0.717, 1.165) is 17.0 Å². The zero-order chi connectivity index (χ0) is 15.1. The summed E-state index contributed by atoms with van der Waals surface area (Å²) in [6.45, 7) is 5.89. The van der Waals surface area contributed by atoms with Gasteiger partial charge < -0.3 is 0 Å². The van der Waals surface area contributed by atoms with Crippen molar-refractivity contribution in [3.63, 3.8) is 0 Å². The van der Waals surface area contributed by atoms with Crippen molar-refractivity contribution in [3.05, 3.63) is 66.5 Å². The lowest BCUT2D eigenvalue weighted by Gasteiger charge is -2.05. The highest BCUT2D eigenvalue weighted by Gasteiger charge is 2.07. The number of aryl methyl sites for hydroxylation is 1. The Balaban J connectivity index is 0.000000774. The van der Waals surface area contributed by atoms with Gasteiger partial charge in [0.25, 0.3) is 0 Å². The van der Waals surface area contributed by atoms with E-state index in [0.29, 0.717) is 11.6 Å². The molecule has 0 atom stereocenters. The van der Waals surface area contributed by atoms with Crippen molar-refractivity contribution in [2.75, 3.05) is 0 Å². The van der Waals surface area contributed by atoms with Crippen molar-refractivity contribution in [1.82, 2.24) is 15.0 Å². The Kier molecular flexibility index (Phi) is 5.16. The van der Waals surface area contributed by atoms with Gasteiger partial charge in [0.1, 0.15) is 5.82 Å². The number of benzene rings is 2. The van der Waals surface area contributed by atoms with Crippen LogP contribution >= 0.6 is 0 Å². The largest absolute Gasteiger partial charge is 0.213 e. The fourth-order valence-electron chi connectivity index (χ4n) is 1.91. The highest BCUT2D eigenvalue weighted by Crippen LogP contribution is 2.19. The fourth-order valence-corrected chi connectivity index (χ4v) is 1.91. The molecular weight excluding hydrogens is 258 g/mol. The fraction of sp³-hybridized carbons (Fsp3) is 0.167. The minimum atomic E-state index is 0.715. The minimum Gasteiger partial charge on any atom is -0.213 e. The van der Waals surface area contributed by atoms with E-state index in [2.05, 4.69) is 15.0 Å². The summed E-state index contributed by atoms with van der Waals surface area (Å²) in [6.07, 6.45) is 0. The number of nitrogens with zero attached hydrogens (tertiary/aromatic N) is 3.